The minimum absolute atomic E-state index is 0.194. The first-order valence-electron chi connectivity index (χ1n) is 5.19. The molecule has 1 aromatic heterocycles. The summed E-state index contributed by atoms with van der Waals surface area (Å²) in [4.78, 5) is 4.33. The molecule has 0 radical (unpaired) electrons. The Bertz CT molecular complexity index is 456. The van der Waals surface area contributed by atoms with Crippen molar-refractivity contribution in [1.82, 2.24) is 4.98 Å². The van der Waals surface area contributed by atoms with E-state index in [1.165, 1.54) is 0 Å². The van der Waals surface area contributed by atoms with E-state index in [-0.39, 0.29) is 6.04 Å². The summed E-state index contributed by atoms with van der Waals surface area (Å²) in [5.74, 6) is 0. The van der Waals surface area contributed by atoms with Crippen LogP contribution in [0.25, 0.3) is 0 Å². The van der Waals surface area contributed by atoms with E-state index >= 15 is 0 Å². The van der Waals surface area contributed by atoms with Crippen LogP contribution in [0, 0.1) is 0 Å². The second kappa shape index (κ2) is 5.12. The van der Waals surface area contributed by atoms with E-state index < -0.39 is 0 Å². The predicted octanol–water partition coefficient (Wildman–Crippen LogP) is 4.02. The smallest absolute Gasteiger partial charge is 0.0657 e. The lowest BCUT2D eigenvalue weighted by atomic mass is 10.2. The van der Waals surface area contributed by atoms with Gasteiger partial charge >= 0.3 is 0 Å². The molecule has 0 aliphatic rings. The van der Waals surface area contributed by atoms with Gasteiger partial charge in [-0.15, -0.1) is 0 Å². The molecular formula is C13H13BrN2. The number of rotatable bonds is 3. The van der Waals surface area contributed by atoms with Crippen LogP contribution in [0.4, 0.5) is 5.69 Å². The van der Waals surface area contributed by atoms with Gasteiger partial charge in [0.25, 0.3) is 0 Å². The van der Waals surface area contributed by atoms with E-state index in [1.54, 1.807) is 0 Å². The minimum Gasteiger partial charge on any atom is -0.376 e. The van der Waals surface area contributed by atoms with Crippen LogP contribution < -0.4 is 5.32 Å². The number of benzene rings is 1. The Morgan fingerprint density at radius 2 is 1.88 bits per heavy atom. The molecule has 0 saturated heterocycles. The lowest BCUT2D eigenvalue weighted by Gasteiger charge is -2.15. The number of para-hydroxylation sites is 1. The maximum absolute atomic E-state index is 4.33. The highest BCUT2D eigenvalue weighted by molar-refractivity contribution is 9.10. The predicted molar refractivity (Wildman–Crippen MR) is 70.4 cm³/mol. The zero-order valence-electron chi connectivity index (χ0n) is 9.02. The molecule has 2 nitrogen and oxygen atoms in total. The maximum atomic E-state index is 4.33. The van der Waals surface area contributed by atoms with Gasteiger partial charge in [0, 0.05) is 16.4 Å². The molecule has 2 aromatic rings. The second-order valence-corrected chi connectivity index (χ2v) is 4.45. The lowest BCUT2D eigenvalue weighted by Crippen LogP contribution is -2.08. The molecule has 2 rings (SSSR count). The standard InChI is InChI=1S/C13H13BrN2/c1-10(12-7-4-5-9-15-12)16-13-8-3-2-6-11(13)14/h2-10,16H,1H3. The number of nitrogens with zero attached hydrogens (tertiary/aromatic N) is 1. The third kappa shape index (κ3) is 2.61. The SMILES string of the molecule is CC(Nc1ccccc1Br)c1ccccn1. The Labute approximate surface area is 104 Å². The Balaban J connectivity index is 2.14. The molecule has 1 aromatic carbocycles. The third-order valence-electron chi connectivity index (χ3n) is 2.38. The normalized spacial score (nSPS) is 12.1. The number of halogens is 1. The molecule has 3 heteroatoms. The molecule has 0 aliphatic carbocycles. The van der Waals surface area contributed by atoms with Gasteiger partial charge in [0.2, 0.25) is 0 Å². The van der Waals surface area contributed by atoms with E-state index in [1.807, 2.05) is 48.7 Å². The first kappa shape index (κ1) is 11.1. The van der Waals surface area contributed by atoms with E-state index in [9.17, 15) is 0 Å². The Hall–Kier alpha value is -1.35. The third-order valence-corrected chi connectivity index (χ3v) is 3.07. The molecule has 1 N–H and O–H groups in total. The van der Waals surface area contributed by atoms with Gasteiger partial charge in [-0.05, 0) is 47.1 Å². The highest BCUT2D eigenvalue weighted by atomic mass is 79.9. The van der Waals surface area contributed by atoms with Crippen molar-refractivity contribution in [2.45, 2.75) is 13.0 Å². The Morgan fingerprint density at radius 3 is 2.56 bits per heavy atom. The number of hydrogen-bond acceptors (Lipinski definition) is 2. The lowest BCUT2D eigenvalue weighted by molar-refractivity contribution is 0.838. The molecule has 82 valence electrons. The quantitative estimate of drug-likeness (QED) is 0.916. The molecule has 0 amide bonds. The van der Waals surface area contributed by atoms with Crippen LogP contribution in [0.5, 0.6) is 0 Å². The maximum Gasteiger partial charge on any atom is 0.0657 e. The van der Waals surface area contributed by atoms with Crippen molar-refractivity contribution in [3.05, 3.63) is 58.8 Å². The van der Waals surface area contributed by atoms with Gasteiger partial charge in [-0.25, -0.2) is 0 Å². The molecule has 0 saturated carbocycles. The first-order chi connectivity index (χ1) is 7.77. The number of hydrogen-bond donors (Lipinski definition) is 1. The zero-order chi connectivity index (χ0) is 11.4. The molecule has 0 aliphatic heterocycles. The van der Waals surface area contributed by atoms with Gasteiger partial charge in [-0.2, -0.15) is 0 Å². The topological polar surface area (TPSA) is 24.9 Å². The summed E-state index contributed by atoms with van der Waals surface area (Å²) in [6, 6.07) is 14.2. The van der Waals surface area contributed by atoms with Gasteiger partial charge < -0.3 is 5.32 Å². The van der Waals surface area contributed by atoms with Crippen LogP contribution >= 0.6 is 15.9 Å². The highest BCUT2D eigenvalue weighted by Crippen LogP contribution is 2.25. The average molecular weight is 277 g/mol. The van der Waals surface area contributed by atoms with Gasteiger partial charge in [0.15, 0.2) is 0 Å². The Kier molecular flexibility index (Phi) is 3.57. The van der Waals surface area contributed by atoms with Crippen LogP contribution in [0.15, 0.2) is 53.1 Å². The van der Waals surface area contributed by atoms with Gasteiger partial charge in [-0.1, -0.05) is 18.2 Å². The number of aromatic nitrogens is 1. The summed E-state index contributed by atoms with van der Waals surface area (Å²) in [7, 11) is 0. The molecule has 0 fully saturated rings. The molecule has 0 spiro atoms. The van der Waals surface area contributed by atoms with Crippen LogP contribution in [0.1, 0.15) is 18.7 Å². The molecule has 1 heterocycles. The van der Waals surface area contributed by atoms with Crippen LogP contribution in [-0.2, 0) is 0 Å². The second-order valence-electron chi connectivity index (χ2n) is 3.60. The number of anilines is 1. The molecular weight excluding hydrogens is 264 g/mol. The van der Waals surface area contributed by atoms with Crippen molar-refractivity contribution in [2.24, 2.45) is 0 Å². The van der Waals surface area contributed by atoms with Crippen molar-refractivity contribution in [2.75, 3.05) is 5.32 Å². The molecule has 1 unspecified atom stereocenters. The molecule has 16 heavy (non-hydrogen) atoms. The van der Waals surface area contributed by atoms with E-state index in [2.05, 4.69) is 33.2 Å². The van der Waals surface area contributed by atoms with Crippen LogP contribution in [-0.4, -0.2) is 4.98 Å². The number of pyridine rings is 1. The monoisotopic (exact) mass is 276 g/mol. The van der Waals surface area contributed by atoms with E-state index in [0.29, 0.717) is 0 Å². The molecule has 0 bridgehead atoms. The highest BCUT2D eigenvalue weighted by Gasteiger charge is 2.07. The van der Waals surface area contributed by atoms with E-state index in [4.69, 9.17) is 0 Å². The summed E-state index contributed by atoms with van der Waals surface area (Å²) < 4.78 is 1.07. The summed E-state index contributed by atoms with van der Waals surface area (Å²) in [5, 5.41) is 3.42. The fraction of sp³-hybridized carbons (Fsp3) is 0.154. The van der Waals surface area contributed by atoms with E-state index in [0.717, 1.165) is 15.9 Å². The van der Waals surface area contributed by atoms with Crippen molar-refractivity contribution < 1.29 is 0 Å². The van der Waals surface area contributed by atoms with Crippen LogP contribution in [0.2, 0.25) is 0 Å². The van der Waals surface area contributed by atoms with Crippen LogP contribution in [0.3, 0.4) is 0 Å². The fourth-order valence-electron chi connectivity index (χ4n) is 1.52. The summed E-state index contributed by atoms with van der Waals surface area (Å²) >= 11 is 3.51. The average Bonchev–Trinajstić information content (AvgIpc) is 2.33. The largest absolute Gasteiger partial charge is 0.376 e. The summed E-state index contributed by atoms with van der Waals surface area (Å²) in [6.45, 7) is 2.10. The minimum atomic E-state index is 0.194. The summed E-state index contributed by atoms with van der Waals surface area (Å²) in [5.41, 5.74) is 2.12. The van der Waals surface area contributed by atoms with Gasteiger partial charge in [-0.3, -0.25) is 4.98 Å². The van der Waals surface area contributed by atoms with Crippen molar-refractivity contribution >= 4 is 21.6 Å². The fourth-order valence-corrected chi connectivity index (χ4v) is 1.92. The van der Waals surface area contributed by atoms with Gasteiger partial charge in [0.1, 0.15) is 0 Å². The van der Waals surface area contributed by atoms with Crippen molar-refractivity contribution in [3.8, 4) is 0 Å². The van der Waals surface area contributed by atoms with Gasteiger partial charge in [0.05, 0.1) is 11.7 Å². The zero-order valence-corrected chi connectivity index (χ0v) is 10.6. The Morgan fingerprint density at radius 1 is 1.12 bits per heavy atom. The van der Waals surface area contributed by atoms with Crippen molar-refractivity contribution in [3.63, 3.8) is 0 Å². The van der Waals surface area contributed by atoms with Crippen molar-refractivity contribution in [1.29, 1.82) is 0 Å². The summed E-state index contributed by atoms with van der Waals surface area (Å²) in [6.07, 6.45) is 1.81. The molecule has 1 atom stereocenters. The number of nitrogens with one attached hydrogen (secondary N) is 1. The first-order valence-corrected chi connectivity index (χ1v) is 5.98.